The smallest absolute Gasteiger partial charge is 0.268 e. The Hall–Kier alpha value is -2.93. The zero-order valence-electron chi connectivity index (χ0n) is 13.1. The summed E-state index contributed by atoms with van der Waals surface area (Å²) in [6.07, 6.45) is -3.41. The van der Waals surface area contributed by atoms with Crippen molar-refractivity contribution in [3.05, 3.63) is 65.5 Å². The third kappa shape index (κ3) is 4.37. The summed E-state index contributed by atoms with van der Waals surface area (Å²) in [7, 11) is -4.38. The van der Waals surface area contributed by atoms with Gasteiger partial charge in [0.15, 0.2) is 0 Å². The molecule has 10 heteroatoms. The van der Waals surface area contributed by atoms with E-state index in [0.717, 1.165) is 6.20 Å². The molecule has 1 aromatic carbocycles. The van der Waals surface area contributed by atoms with E-state index in [1.165, 1.54) is 18.2 Å². The second kappa shape index (κ2) is 7.53. The van der Waals surface area contributed by atoms with Gasteiger partial charge in [-0.3, -0.25) is 9.78 Å². The van der Waals surface area contributed by atoms with Gasteiger partial charge in [-0.25, -0.2) is 12.7 Å². The van der Waals surface area contributed by atoms with Crippen LogP contribution in [-0.2, 0) is 22.0 Å². The number of alkyl halides is 3. The molecule has 0 atom stereocenters. The van der Waals surface area contributed by atoms with Gasteiger partial charge in [-0.05, 0) is 11.6 Å². The summed E-state index contributed by atoms with van der Waals surface area (Å²) in [6.45, 7) is -0.916. The first-order valence-electron chi connectivity index (χ1n) is 7.13. The first-order valence-corrected chi connectivity index (χ1v) is 8.74. The van der Waals surface area contributed by atoms with Crippen molar-refractivity contribution in [3.8, 4) is 6.07 Å². The number of amides is 1. The number of aromatic nitrogens is 1. The summed E-state index contributed by atoms with van der Waals surface area (Å²) in [5, 5.41) is 8.84. The molecule has 1 heterocycles. The first kappa shape index (κ1) is 19.4. The summed E-state index contributed by atoms with van der Waals surface area (Å²) >= 11 is 0. The Morgan fingerprint density at radius 1 is 1.19 bits per heavy atom. The largest absolute Gasteiger partial charge is 0.417 e. The zero-order chi connectivity index (χ0) is 19.4. The maximum absolute atomic E-state index is 13.1. The molecule has 0 unspecified atom stereocenters. The maximum atomic E-state index is 13.1. The molecule has 1 aromatic heterocycles. The van der Waals surface area contributed by atoms with Gasteiger partial charge in [0.05, 0.1) is 22.9 Å². The lowest BCUT2D eigenvalue weighted by molar-refractivity contribution is -0.138. The Morgan fingerprint density at radius 2 is 1.85 bits per heavy atom. The van der Waals surface area contributed by atoms with E-state index >= 15 is 0 Å². The lowest BCUT2D eigenvalue weighted by Crippen LogP contribution is -2.39. The minimum Gasteiger partial charge on any atom is -0.268 e. The van der Waals surface area contributed by atoms with Gasteiger partial charge in [0.2, 0.25) is 10.0 Å². The molecule has 26 heavy (non-hydrogen) atoms. The predicted molar refractivity (Wildman–Crippen MR) is 85.0 cm³/mol. The number of nitrogens with zero attached hydrogens (tertiary/aromatic N) is 3. The van der Waals surface area contributed by atoms with Gasteiger partial charge < -0.3 is 0 Å². The summed E-state index contributed by atoms with van der Waals surface area (Å²) in [6, 6.07) is 9.83. The number of benzene rings is 1. The van der Waals surface area contributed by atoms with Crippen LogP contribution in [0.15, 0.2) is 48.8 Å². The van der Waals surface area contributed by atoms with E-state index in [0.29, 0.717) is 17.8 Å². The van der Waals surface area contributed by atoms with Gasteiger partial charge in [0.25, 0.3) is 5.91 Å². The van der Waals surface area contributed by atoms with Crippen LogP contribution in [0.3, 0.4) is 0 Å². The molecule has 136 valence electrons. The summed E-state index contributed by atoms with van der Waals surface area (Å²) in [5.41, 5.74) is -1.94. The van der Waals surface area contributed by atoms with Crippen molar-refractivity contribution in [2.45, 2.75) is 11.9 Å². The van der Waals surface area contributed by atoms with Gasteiger partial charge in [0.1, 0.15) is 6.54 Å². The Kier molecular flexibility index (Phi) is 5.62. The summed E-state index contributed by atoms with van der Waals surface area (Å²) in [5.74, 6) is -2.09. The van der Waals surface area contributed by atoms with Crippen molar-refractivity contribution in [3.63, 3.8) is 0 Å². The monoisotopic (exact) mass is 383 g/mol. The van der Waals surface area contributed by atoms with Crippen LogP contribution < -0.4 is 0 Å². The van der Waals surface area contributed by atoms with Crippen molar-refractivity contribution >= 4 is 15.9 Å². The van der Waals surface area contributed by atoms with Crippen molar-refractivity contribution < 1.29 is 26.4 Å². The second-order valence-corrected chi connectivity index (χ2v) is 7.02. The molecule has 0 N–H and O–H groups in total. The molecule has 0 radical (unpaired) electrons. The van der Waals surface area contributed by atoms with E-state index in [2.05, 4.69) is 4.98 Å². The van der Waals surface area contributed by atoms with Crippen molar-refractivity contribution in [1.82, 2.24) is 9.29 Å². The summed E-state index contributed by atoms with van der Waals surface area (Å²) in [4.78, 5) is 16.0. The molecule has 0 aliphatic heterocycles. The van der Waals surface area contributed by atoms with Crippen molar-refractivity contribution in [2.75, 3.05) is 6.54 Å². The van der Waals surface area contributed by atoms with E-state index in [-0.39, 0.29) is 4.31 Å². The average Bonchev–Trinajstić information content (AvgIpc) is 2.58. The van der Waals surface area contributed by atoms with E-state index in [9.17, 15) is 26.4 Å². The van der Waals surface area contributed by atoms with Crippen molar-refractivity contribution in [1.29, 1.82) is 5.26 Å². The third-order valence-corrected chi connectivity index (χ3v) is 4.99. The molecule has 1 amide bonds. The molecule has 0 bridgehead atoms. The number of carbonyl (C=O) groups is 1. The molecule has 0 saturated carbocycles. The van der Waals surface area contributed by atoms with Gasteiger partial charge in [-0.15, -0.1) is 0 Å². The van der Waals surface area contributed by atoms with Crippen LogP contribution in [0.25, 0.3) is 0 Å². The van der Waals surface area contributed by atoms with Crippen LogP contribution in [-0.4, -0.2) is 30.2 Å². The summed E-state index contributed by atoms with van der Waals surface area (Å²) < 4.78 is 64.4. The quantitative estimate of drug-likeness (QED) is 0.740. The fourth-order valence-electron chi connectivity index (χ4n) is 2.17. The Balaban J connectivity index is 2.45. The number of halogens is 3. The lowest BCUT2D eigenvalue weighted by atomic mass is 10.1. The minimum atomic E-state index is -4.88. The number of pyridine rings is 1. The number of hydrogen-bond acceptors (Lipinski definition) is 5. The fourth-order valence-corrected chi connectivity index (χ4v) is 3.54. The highest BCUT2D eigenvalue weighted by atomic mass is 32.2. The van der Waals surface area contributed by atoms with Crippen LogP contribution in [0.2, 0.25) is 0 Å². The Labute approximate surface area is 147 Å². The van der Waals surface area contributed by atoms with E-state index in [4.69, 9.17) is 5.26 Å². The lowest BCUT2D eigenvalue weighted by Gasteiger charge is -2.21. The number of carbonyl (C=O) groups excluding carboxylic acids is 1. The third-order valence-electron chi connectivity index (χ3n) is 3.33. The molecule has 6 nitrogen and oxygen atoms in total. The normalized spacial score (nSPS) is 11.6. The minimum absolute atomic E-state index is 0.131. The SMILES string of the molecule is N#CCN(C(=O)c1cnccc1C(F)(F)F)S(=O)(=O)Cc1ccccc1. The van der Waals surface area contributed by atoms with E-state index in [1.54, 1.807) is 18.2 Å². The number of hydrogen-bond donors (Lipinski definition) is 0. The van der Waals surface area contributed by atoms with E-state index < -0.39 is 45.5 Å². The highest BCUT2D eigenvalue weighted by molar-refractivity contribution is 7.88. The predicted octanol–water partition coefficient (Wildman–Crippen LogP) is 2.60. The average molecular weight is 383 g/mol. The zero-order valence-corrected chi connectivity index (χ0v) is 14.0. The van der Waals surface area contributed by atoms with Crippen LogP contribution in [0.1, 0.15) is 21.5 Å². The molecule has 0 spiro atoms. The van der Waals surface area contributed by atoms with Crippen molar-refractivity contribution in [2.24, 2.45) is 0 Å². The highest BCUT2D eigenvalue weighted by Gasteiger charge is 2.38. The molecular weight excluding hydrogens is 371 g/mol. The molecule has 0 saturated heterocycles. The topological polar surface area (TPSA) is 91.1 Å². The Morgan fingerprint density at radius 3 is 2.42 bits per heavy atom. The van der Waals surface area contributed by atoms with Gasteiger partial charge in [-0.1, -0.05) is 30.3 Å². The molecule has 2 aromatic rings. The number of rotatable bonds is 5. The van der Waals surface area contributed by atoms with Crippen LogP contribution >= 0.6 is 0 Å². The maximum Gasteiger partial charge on any atom is 0.417 e. The van der Waals surface area contributed by atoms with Gasteiger partial charge in [0, 0.05) is 12.4 Å². The van der Waals surface area contributed by atoms with E-state index in [1.807, 2.05) is 0 Å². The number of sulfonamides is 1. The first-order chi connectivity index (χ1) is 12.2. The Bertz CT molecular complexity index is 938. The molecule has 0 aliphatic rings. The molecule has 2 rings (SSSR count). The van der Waals surface area contributed by atoms with Crippen LogP contribution in [0.4, 0.5) is 13.2 Å². The van der Waals surface area contributed by atoms with Gasteiger partial charge in [-0.2, -0.15) is 18.4 Å². The molecule has 0 aliphatic carbocycles. The molecular formula is C16H12F3N3O3S. The molecule has 0 fully saturated rings. The standard InChI is InChI=1S/C16H12F3N3O3S/c17-16(18,19)14-6-8-21-10-13(14)15(23)22(9-7-20)26(24,25)11-12-4-2-1-3-5-12/h1-6,8,10H,9,11H2. The van der Waals surface area contributed by atoms with Gasteiger partial charge >= 0.3 is 6.18 Å². The van der Waals surface area contributed by atoms with Crippen LogP contribution in [0, 0.1) is 11.3 Å². The second-order valence-electron chi connectivity index (χ2n) is 5.13. The highest BCUT2D eigenvalue weighted by Crippen LogP contribution is 2.32. The number of nitriles is 1. The fraction of sp³-hybridized carbons (Fsp3) is 0.188. The van der Waals surface area contributed by atoms with Crippen LogP contribution in [0.5, 0.6) is 0 Å².